The lowest BCUT2D eigenvalue weighted by Gasteiger charge is -2.15. The van der Waals surface area contributed by atoms with Gasteiger partial charge in [0.2, 0.25) is 5.17 Å². The molecule has 1 aliphatic heterocycles. The van der Waals surface area contributed by atoms with Gasteiger partial charge in [-0.05, 0) is 18.7 Å². The molecule has 1 aromatic heterocycles. The van der Waals surface area contributed by atoms with Crippen molar-refractivity contribution in [2.75, 3.05) is 5.43 Å². The van der Waals surface area contributed by atoms with E-state index in [2.05, 4.69) is 26.2 Å². The molecule has 0 saturated carbocycles. The van der Waals surface area contributed by atoms with Crippen LogP contribution in [0.25, 0.3) is 0 Å². The van der Waals surface area contributed by atoms with Crippen LogP contribution in [-0.2, 0) is 0 Å². The van der Waals surface area contributed by atoms with Crippen molar-refractivity contribution < 1.29 is 0 Å². The third kappa shape index (κ3) is 0.981. The minimum absolute atomic E-state index is 0.631. The molecule has 0 fully saturated rings. The third-order valence-corrected chi connectivity index (χ3v) is 2.60. The fourth-order valence-corrected chi connectivity index (χ4v) is 1.66. The Morgan fingerprint density at radius 3 is 3.08 bits per heavy atom. The monoisotopic (exact) mass is 184 g/mol. The van der Waals surface area contributed by atoms with Crippen LogP contribution in [0.2, 0.25) is 0 Å². The van der Waals surface area contributed by atoms with E-state index < -0.39 is 0 Å². The largest absolute Gasteiger partial charge is 0.321 e. The summed E-state index contributed by atoms with van der Waals surface area (Å²) in [6.45, 7) is 1.94. The molecule has 2 heterocycles. The van der Waals surface area contributed by atoms with Gasteiger partial charge in [-0.1, -0.05) is 0 Å². The quantitative estimate of drug-likeness (QED) is 0.336. The number of aryl methyl sites for hydroxylation is 1. The predicted octanol–water partition coefficient (Wildman–Crippen LogP) is -0.0300. The minimum Gasteiger partial charge on any atom is -0.321 e. The maximum absolute atomic E-state index is 5.11. The van der Waals surface area contributed by atoms with Gasteiger partial charge in [-0.15, -0.1) is 0 Å². The highest BCUT2D eigenvalue weighted by Gasteiger charge is 2.18. The minimum atomic E-state index is 0.631. The molecule has 0 radical (unpaired) electrons. The Hall–Kier alpha value is -1.37. The highest BCUT2D eigenvalue weighted by Crippen LogP contribution is 2.30. The fraction of sp³-hybridized carbons (Fsp3) is 0.200. The van der Waals surface area contributed by atoms with E-state index in [9.17, 15) is 0 Å². The predicted molar refractivity (Wildman–Crippen MR) is 47.6 cm³/mol. The first-order valence-corrected chi connectivity index (χ1v) is 4.15. The van der Waals surface area contributed by atoms with Crippen LogP contribution < -0.4 is 16.7 Å². The summed E-state index contributed by atoms with van der Waals surface area (Å²) in [5, 5.41) is 11.0. The lowest BCUT2D eigenvalue weighted by atomic mass is 10.5. The number of hydrazone groups is 1. The van der Waals surface area contributed by atoms with Gasteiger partial charge in [0.05, 0.1) is 4.90 Å². The van der Waals surface area contributed by atoms with Crippen molar-refractivity contribution in [3.05, 3.63) is 5.69 Å². The summed E-state index contributed by atoms with van der Waals surface area (Å²) in [5.41, 5.74) is 6.66. The molecule has 0 spiro atoms. The normalized spacial score (nSPS) is 18.2. The summed E-state index contributed by atoms with van der Waals surface area (Å²) in [7, 11) is 0. The Balaban J connectivity index is 2.38. The second-order valence-corrected chi connectivity index (χ2v) is 3.31. The van der Waals surface area contributed by atoms with Crippen molar-refractivity contribution in [2.45, 2.75) is 11.8 Å². The number of nitrogens with zero attached hydrogens (tertiary/aromatic N) is 2. The van der Waals surface area contributed by atoms with Gasteiger partial charge in [-0.25, -0.2) is 0 Å². The summed E-state index contributed by atoms with van der Waals surface area (Å²) in [5.74, 6) is 5.90. The van der Waals surface area contributed by atoms with Gasteiger partial charge in [0, 0.05) is 5.69 Å². The molecule has 12 heavy (non-hydrogen) atoms. The number of hydrogen-bond acceptors (Lipinski definition) is 5. The number of fused-ring (bicyclic) bond motifs is 1. The van der Waals surface area contributed by atoms with Gasteiger partial charge in [0.15, 0.2) is 5.82 Å². The highest BCUT2D eigenvalue weighted by atomic mass is 32.2. The Bertz CT molecular complexity index is 329. The first-order valence-electron chi connectivity index (χ1n) is 3.34. The molecule has 5 N–H and O–H groups in total. The smallest absolute Gasteiger partial charge is 0.203 e. The number of anilines is 1. The molecule has 2 rings (SSSR count). The average molecular weight is 184 g/mol. The SMILES string of the molecule is Cc1[nH]nc2c1S/C(=N\N)NN2. The molecule has 0 aromatic carbocycles. The second-order valence-electron chi connectivity index (χ2n) is 2.31. The molecular formula is C5H8N6S. The van der Waals surface area contributed by atoms with Crippen LogP contribution in [0.15, 0.2) is 10.00 Å². The molecule has 64 valence electrons. The van der Waals surface area contributed by atoms with E-state index in [1.54, 1.807) is 0 Å². The van der Waals surface area contributed by atoms with Crippen molar-refractivity contribution in [2.24, 2.45) is 10.9 Å². The number of hydrogen-bond donors (Lipinski definition) is 4. The number of hydrazine groups is 1. The van der Waals surface area contributed by atoms with Crippen LogP contribution in [0.3, 0.4) is 0 Å². The number of nitrogens with two attached hydrogens (primary N) is 1. The molecular weight excluding hydrogens is 176 g/mol. The van der Waals surface area contributed by atoms with Gasteiger partial charge in [-0.2, -0.15) is 10.2 Å². The number of aromatic nitrogens is 2. The van der Waals surface area contributed by atoms with E-state index in [0.29, 0.717) is 5.17 Å². The molecule has 0 aliphatic carbocycles. The maximum Gasteiger partial charge on any atom is 0.203 e. The summed E-state index contributed by atoms with van der Waals surface area (Å²) >= 11 is 1.45. The van der Waals surface area contributed by atoms with Crippen LogP contribution in [-0.4, -0.2) is 15.4 Å². The van der Waals surface area contributed by atoms with Crippen molar-refractivity contribution in [1.82, 2.24) is 15.6 Å². The van der Waals surface area contributed by atoms with E-state index in [0.717, 1.165) is 16.4 Å². The molecule has 0 atom stereocenters. The lowest BCUT2D eigenvalue weighted by molar-refractivity contribution is 1.01. The van der Waals surface area contributed by atoms with Crippen LogP contribution in [0.1, 0.15) is 5.69 Å². The highest BCUT2D eigenvalue weighted by molar-refractivity contribution is 8.14. The van der Waals surface area contributed by atoms with E-state index in [-0.39, 0.29) is 0 Å². The van der Waals surface area contributed by atoms with Gasteiger partial charge >= 0.3 is 0 Å². The second kappa shape index (κ2) is 2.59. The Kier molecular flexibility index (Phi) is 1.58. The summed E-state index contributed by atoms with van der Waals surface area (Å²) in [4.78, 5) is 1.03. The van der Waals surface area contributed by atoms with Crippen LogP contribution in [0, 0.1) is 6.92 Å². The Morgan fingerprint density at radius 2 is 2.33 bits per heavy atom. The standard InChI is InChI=1S/C5H8N6S/c1-2-3-4(9-8-2)10-11-5(7-6)12-3/h6H2,1H3,(H,7,11)(H2,8,9,10). The van der Waals surface area contributed by atoms with Gasteiger partial charge in [0.1, 0.15) is 0 Å². The van der Waals surface area contributed by atoms with Crippen LogP contribution in [0.5, 0.6) is 0 Å². The number of nitrogens with one attached hydrogen (secondary N) is 3. The first-order chi connectivity index (χ1) is 5.81. The lowest BCUT2D eigenvalue weighted by Crippen LogP contribution is -2.31. The zero-order valence-electron chi connectivity index (χ0n) is 6.38. The zero-order valence-corrected chi connectivity index (χ0v) is 7.20. The average Bonchev–Trinajstić information content (AvgIpc) is 2.47. The van der Waals surface area contributed by atoms with E-state index in [1.165, 1.54) is 11.8 Å². The topological polar surface area (TPSA) is 91.1 Å². The molecule has 0 bridgehead atoms. The van der Waals surface area contributed by atoms with Gasteiger partial charge in [-0.3, -0.25) is 16.0 Å². The van der Waals surface area contributed by atoms with Crippen molar-refractivity contribution in [1.29, 1.82) is 0 Å². The first kappa shape index (κ1) is 7.29. The molecule has 1 aromatic rings. The molecule has 0 unspecified atom stereocenters. The zero-order chi connectivity index (χ0) is 8.55. The maximum atomic E-state index is 5.11. The fourth-order valence-electron chi connectivity index (χ4n) is 0.922. The molecule has 0 saturated heterocycles. The molecule has 0 amide bonds. The molecule has 7 heteroatoms. The molecule has 1 aliphatic rings. The Labute approximate surface area is 73.0 Å². The van der Waals surface area contributed by atoms with Crippen molar-refractivity contribution >= 4 is 22.7 Å². The van der Waals surface area contributed by atoms with E-state index >= 15 is 0 Å². The van der Waals surface area contributed by atoms with Gasteiger partial charge < -0.3 is 5.84 Å². The summed E-state index contributed by atoms with van der Waals surface area (Å²) < 4.78 is 0. The Morgan fingerprint density at radius 1 is 1.50 bits per heavy atom. The number of thioether (sulfide) groups is 1. The van der Waals surface area contributed by atoms with Crippen LogP contribution in [0.4, 0.5) is 5.82 Å². The van der Waals surface area contributed by atoms with Gasteiger partial charge in [0.25, 0.3) is 0 Å². The number of aromatic amines is 1. The number of amidine groups is 1. The van der Waals surface area contributed by atoms with E-state index in [1.807, 2.05) is 6.92 Å². The van der Waals surface area contributed by atoms with Crippen LogP contribution >= 0.6 is 11.8 Å². The van der Waals surface area contributed by atoms with Crippen molar-refractivity contribution in [3.8, 4) is 0 Å². The third-order valence-electron chi connectivity index (χ3n) is 1.49. The van der Waals surface area contributed by atoms with E-state index in [4.69, 9.17) is 5.84 Å². The number of H-pyrrole nitrogens is 1. The number of rotatable bonds is 0. The summed E-state index contributed by atoms with van der Waals surface area (Å²) in [6.07, 6.45) is 0. The summed E-state index contributed by atoms with van der Waals surface area (Å²) in [6, 6.07) is 0. The van der Waals surface area contributed by atoms with Crippen molar-refractivity contribution in [3.63, 3.8) is 0 Å². The molecule has 6 nitrogen and oxygen atoms in total.